The zero-order chi connectivity index (χ0) is 11.4. The van der Waals surface area contributed by atoms with Crippen LogP contribution >= 0.6 is 34.5 Å². The quantitative estimate of drug-likeness (QED) is 0.750. The Labute approximate surface area is 111 Å². The van der Waals surface area contributed by atoms with Crippen molar-refractivity contribution >= 4 is 39.7 Å². The maximum atomic E-state index is 6.03. The summed E-state index contributed by atoms with van der Waals surface area (Å²) in [5.74, 6) is 0.463. The van der Waals surface area contributed by atoms with E-state index in [0.29, 0.717) is 11.0 Å². The van der Waals surface area contributed by atoms with Crippen molar-refractivity contribution in [3.05, 3.63) is 10.0 Å². The van der Waals surface area contributed by atoms with Gasteiger partial charge in [0, 0.05) is 13.1 Å². The second-order valence-corrected chi connectivity index (χ2v) is 5.79. The maximum Gasteiger partial charge on any atom is 0.187 e. The first-order valence-corrected chi connectivity index (χ1v) is 7.50. The van der Waals surface area contributed by atoms with Gasteiger partial charge in [-0.3, -0.25) is 0 Å². The minimum absolute atomic E-state index is 0.463. The largest absolute Gasteiger partial charge is 0.348 e. The zero-order valence-electron chi connectivity index (χ0n) is 9.22. The molecule has 1 aromatic heterocycles. The Balaban J connectivity index is 2.08. The second kappa shape index (κ2) is 6.08. The van der Waals surface area contributed by atoms with Crippen LogP contribution in [0.3, 0.4) is 0 Å². The van der Waals surface area contributed by atoms with Crippen molar-refractivity contribution < 1.29 is 0 Å². The van der Waals surface area contributed by atoms with Gasteiger partial charge in [-0.2, -0.15) is 0 Å². The maximum absolute atomic E-state index is 6.03. The molecular formula is C11H16Cl2N2S. The Kier molecular flexibility index (Phi) is 4.74. The number of hydrogen-bond donors (Lipinski definition) is 0. The van der Waals surface area contributed by atoms with Gasteiger partial charge in [0.15, 0.2) is 5.13 Å². The summed E-state index contributed by atoms with van der Waals surface area (Å²) >= 11 is 13.5. The lowest BCUT2D eigenvalue weighted by molar-refractivity contribution is 0.556. The van der Waals surface area contributed by atoms with Crippen LogP contribution in [0.4, 0.5) is 5.13 Å². The van der Waals surface area contributed by atoms with Crippen molar-refractivity contribution in [2.24, 2.45) is 0 Å². The van der Waals surface area contributed by atoms with Gasteiger partial charge >= 0.3 is 0 Å². The predicted octanol–water partition coefficient (Wildman–Crippen LogP) is 4.31. The van der Waals surface area contributed by atoms with E-state index in [2.05, 4.69) is 9.88 Å². The molecule has 0 atom stereocenters. The summed E-state index contributed by atoms with van der Waals surface area (Å²) in [5, 5.41) is 1.62. The molecule has 16 heavy (non-hydrogen) atoms. The van der Waals surface area contributed by atoms with Crippen molar-refractivity contribution in [2.45, 2.75) is 38.0 Å². The van der Waals surface area contributed by atoms with Gasteiger partial charge in [-0.15, -0.1) is 11.6 Å². The molecule has 1 aliphatic rings. The molecule has 2 heterocycles. The highest BCUT2D eigenvalue weighted by Gasteiger charge is 2.15. The van der Waals surface area contributed by atoms with Crippen molar-refractivity contribution in [3.8, 4) is 0 Å². The van der Waals surface area contributed by atoms with Gasteiger partial charge in [0.2, 0.25) is 0 Å². The van der Waals surface area contributed by atoms with Gasteiger partial charge < -0.3 is 4.90 Å². The fourth-order valence-electron chi connectivity index (χ4n) is 1.98. The highest BCUT2D eigenvalue weighted by Crippen LogP contribution is 2.31. The zero-order valence-corrected chi connectivity index (χ0v) is 11.5. The average molecular weight is 279 g/mol. The number of alkyl halides is 1. The van der Waals surface area contributed by atoms with E-state index in [1.807, 2.05) is 0 Å². The number of hydrogen-bond acceptors (Lipinski definition) is 3. The molecule has 0 amide bonds. The molecule has 1 saturated heterocycles. The van der Waals surface area contributed by atoms with Crippen molar-refractivity contribution in [1.29, 1.82) is 0 Å². The monoisotopic (exact) mass is 278 g/mol. The number of aromatic nitrogens is 1. The molecule has 0 bridgehead atoms. The van der Waals surface area contributed by atoms with Crippen molar-refractivity contribution in [1.82, 2.24) is 4.98 Å². The minimum Gasteiger partial charge on any atom is -0.348 e. The van der Waals surface area contributed by atoms with E-state index in [0.717, 1.165) is 23.1 Å². The topological polar surface area (TPSA) is 16.1 Å². The fraction of sp³-hybridized carbons (Fsp3) is 0.727. The van der Waals surface area contributed by atoms with E-state index < -0.39 is 0 Å². The lowest BCUT2D eigenvalue weighted by Crippen LogP contribution is -2.26. The first kappa shape index (κ1) is 12.5. The third kappa shape index (κ3) is 3.02. The predicted molar refractivity (Wildman–Crippen MR) is 72.0 cm³/mol. The van der Waals surface area contributed by atoms with Crippen LogP contribution < -0.4 is 4.90 Å². The standard InChI is InChI=1S/C11H16Cl2N2S/c12-8-9-10(13)14-11(16-9)15-6-4-2-1-3-5-7-15/h1-8H2. The van der Waals surface area contributed by atoms with Gasteiger partial charge in [0.05, 0.1) is 10.8 Å². The van der Waals surface area contributed by atoms with Crippen LogP contribution in [0.25, 0.3) is 0 Å². The third-order valence-electron chi connectivity index (χ3n) is 2.89. The molecule has 0 N–H and O–H groups in total. The minimum atomic E-state index is 0.463. The molecule has 2 nitrogen and oxygen atoms in total. The molecule has 5 heteroatoms. The molecule has 0 aromatic carbocycles. The normalized spacial score (nSPS) is 18.2. The lowest BCUT2D eigenvalue weighted by atomic mass is 10.1. The first-order chi connectivity index (χ1) is 7.81. The van der Waals surface area contributed by atoms with Crippen LogP contribution in [-0.4, -0.2) is 18.1 Å². The number of thiazole rings is 1. The summed E-state index contributed by atoms with van der Waals surface area (Å²) in [6.45, 7) is 2.21. The second-order valence-electron chi connectivity index (χ2n) is 4.10. The van der Waals surface area contributed by atoms with Gasteiger partial charge in [0.1, 0.15) is 5.15 Å². The molecule has 1 aromatic rings. The summed E-state index contributed by atoms with van der Waals surface area (Å²) < 4.78 is 0. The van der Waals surface area contributed by atoms with Gasteiger partial charge in [-0.1, -0.05) is 42.2 Å². The molecule has 0 spiro atoms. The molecule has 0 unspecified atom stereocenters. The van der Waals surface area contributed by atoms with Crippen LogP contribution in [0.15, 0.2) is 0 Å². The molecule has 1 fully saturated rings. The Morgan fingerprint density at radius 3 is 2.31 bits per heavy atom. The molecule has 0 saturated carbocycles. The van der Waals surface area contributed by atoms with Gasteiger partial charge in [-0.05, 0) is 12.8 Å². The van der Waals surface area contributed by atoms with E-state index in [1.165, 1.54) is 32.1 Å². The average Bonchev–Trinajstić information content (AvgIpc) is 2.59. The molecule has 90 valence electrons. The van der Waals surface area contributed by atoms with E-state index >= 15 is 0 Å². The Hall–Kier alpha value is 0.01000. The van der Waals surface area contributed by atoms with E-state index in [-0.39, 0.29) is 0 Å². The summed E-state index contributed by atoms with van der Waals surface area (Å²) in [6, 6.07) is 0. The smallest absolute Gasteiger partial charge is 0.187 e. The number of halogens is 2. The molecule has 2 rings (SSSR count). The fourth-order valence-corrected chi connectivity index (χ4v) is 3.50. The van der Waals surface area contributed by atoms with Crippen LogP contribution in [0.2, 0.25) is 5.15 Å². The highest BCUT2D eigenvalue weighted by molar-refractivity contribution is 7.16. The van der Waals surface area contributed by atoms with Crippen LogP contribution in [-0.2, 0) is 5.88 Å². The van der Waals surface area contributed by atoms with Crippen LogP contribution in [0.5, 0.6) is 0 Å². The summed E-state index contributed by atoms with van der Waals surface area (Å²) in [7, 11) is 0. The van der Waals surface area contributed by atoms with Gasteiger partial charge in [-0.25, -0.2) is 4.98 Å². The van der Waals surface area contributed by atoms with Crippen LogP contribution in [0.1, 0.15) is 37.0 Å². The number of rotatable bonds is 2. The number of nitrogens with zero attached hydrogens (tertiary/aromatic N) is 2. The molecular weight excluding hydrogens is 263 g/mol. The van der Waals surface area contributed by atoms with Crippen LogP contribution in [0, 0.1) is 0 Å². The van der Waals surface area contributed by atoms with E-state index in [4.69, 9.17) is 23.2 Å². The molecule has 1 aliphatic heterocycles. The Morgan fingerprint density at radius 2 is 1.75 bits per heavy atom. The molecule has 0 aliphatic carbocycles. The Morgan fingerprint density at radius 1 is 1.12 bits per heavy atom. The first-order valence-electron chi connectivity index (χ1n) is 5.77. The number of anilines is 1. The summed E-state index contributed by atoms with van der Waals surface area (Å²) in [4.78, 5) is 7.74. The SMILES string of the molecule is ClCc1sc(N2CCCCCCC2)nc1Cl. The van der Waals surface area contributed by atoms with Crippen molar-refractivity contribution in [2.75, 3.05) is 18.0 Å². The lowest BCUT2D eigenvalue weighted by Gasteiger charge is -2.23. The van der Waals surface area contributed by atoms with E-state index in [9.17, 15) is 0 Å². The highest BCUT2D eigenvalue weighted by atomic mass is 35.5. The third-order valence-corrected chi connectivity index (χ3v) is 4.85. The van der Waals surface area contributed by atoms with E-state index in [1.54, 1.807) is 11.3 Å². The van der Waals surface area contributed by atoms with Gasteiger partial charge in [0.25, 0.3) is 0 Å². The Bertz CT molecular complexity index is 333. The van der Waals surface area contributed by atoms with Crippen molar-refractivity contribution in [3.63, 3.8) is 0 Å². The summed E-state index contributed by atoms with van der Waals surface area (Å²) in [6.07, 6.45) is 6.55. The summed E-state index contributed by atoms with van der Waals surface area (Å²) in [5.41, 5.74) is 0. The molecule has 0 radical (unpaired) electrons.